The van der Waals surface area contributed by atoms with Crippen molar-refractivity contribution in [3.8, 4) is 0 Å². The summed E-state index contributed by atoms with van der Waals surface area (Å²) in [5.41, 5.74) is 0. The lowest BCUT2D eigenvalue weighted by Gasteiger charge is -1.84. The van der Waals surface area contributed by atoms with Gasteiger partial charge in [-0.1, -0.05) is 0 Å². The van der Waals surface area contributed by atoms with Gasteiger partial charge in [0.25, 0.3) is 0 Å². The fraction of sp³-hybridized carbons (Fsp3) is 0.571. The lowest BCUT2D eigenvalue weighted by molar-refractivity contribution is -0.693. The van der Waals surface area contributed by atoms with Crippen molar-refractivity contribution >= 4 is 0 Å². The van der Waals surface area contributed by atoms with E-state index in [1.54, 1.807) is 0 Å². The van der Waals surface area contributed by atoms with Gasteiger partial charge in [-0.3, -0.25) is 0 Å². The van der Waals surface area contributed by atoms with Gasteiger partial charge in [-0.2, -0.15) is 0 Å². The highest BCUT2D eigenvalue weighted by Crippen LogP contribution is 1.81. The van der Waals surface area contributed by atoms with Crippen LogP contribution in [0.25, 0.3) is 0 Å². The minimum atomic E-state index is -2.96. The van der Waals surface area contributed by atoms with E-state index in [1.165, 1.54) is 0 Å². The molecule has 0 aliphatic heterocycles. The molecular formula is C7H13N2+. The molecule has 0 amide bonds. The highest BCUT2D eigenvalue weighted by molar-refractivity contribution is 4.64. The quantitative estimate of drug-likeness (QED) is 0.531. The molecule has 0 aliphatic carbocycles. The van der Waals surface area contributed by atoms with Crippen molar-refractivity contribution in [2.75, 3.05) is 0 Å². The normalized spacial score (nSPS) is 32.4. The smallest absolute Gasteiger partial charge is 0.237 e. The van der Waals surface area contributed by atoms with Crippen molar-refractivity contribution in [3.63, 3.8) is 0 Å². The van der Waals surface area contributed by atoms with E-state index in [4.69, 9.17) is 13.7 Å². The van der Waals surface area contributed by atoms with Crippen LogP contribution in [0.15, 0.2) is 18.7 Å². The highest BCUT2D eigenvalue weighted by atomic mass is 15.1. The molecule has 1 aromatic heterocycles. The summed E-state index contributed by atoms with van der Waals surface area (Å²) in [6.07, 6.45) is 2.75. The lowest BCUT2D eigenvalue weighted by atomic mass is 10.7. The molecule has 0 radical (unpaired) electrons. The van der Waals surface area contributed by atoms with Gasteiger partial charge in [0.1, 0.15) is 12.4 Å². The minimum absolute atomic E-state index is 0.629. The van der Waals surface area contributed by atoms with E-state index in [-0.39, 0.29) is 0 Å². The monoisotopic (exact) mass is 135 g/mol. The predicted molar refractivity (Wildman–Crippen MR) is 36.0 cm³/mol. The minimum Gasteiger partial charge on any atom is -0.237 e. The van der Waals surface area contributed by atoms with Gasteiger partial charge < -0.3 is 0 Å². The van der Waals surface area contributed by atoms with Gasteiger partial charge >= 0.3 is 0 Å². The Balaban J connectivity index is 3.22. The van der Waals surface area contributed by atoms with Gasteiger partial charge in [-0.15, -0.1) is 0 Å². The number of hydrogen-bond donors (Lipinski definition) is 0. The van der Waals surface area contributed by atoms with Crippen LogP contribution >= 0.6 is 0 Å². The molecule has 0 fully saturated rings. The standard InChI is InChI=1S/C7H13N2/c1-3-8-5-6-9(4-2)7-8/h5-7H,3-4H2,1-2H3/q+1/i1D3,2D3,3D2,4D2. The van der Waals surface area contributed by atoms with Crippen LogP contribution in [0.2, 0.25) is 0 Å². The third kappa shape index (κ3) is 1.31. The number of rotatable bonds is 2. The van der Waals surface area contributed by atoms with E-state index >= 15 is 0 Å². The Hall–Kier alpha value is -0.790. The summed E-state index contributed by atoms with van der Waals surface area (Å²) in [6, 6.07) is 0. The van der Waals surface area contributed by atoms with Crippen molar-refractivity contribution in [1.29, 1.82) is 0 Å². The molecular weight excluding hydrogens is 112 g/mol. The van der Waals surface area contributed by atoms with Gasteiger partial charge in [0.2, 0.25) is 6.33 Å². The Bertz CT molecular complexity index is 413. The molecule has 1 rings (SSSR count). The summed E-state index contributed by atoms with van der Waals surface area (Å²) in [7, 11) is 0. The van der Waals surface area contributed by atoms with E-state index in [1.807, 2.05) is 0 Å². The average Bonchev–Trinajstić information content (AvgIpc) is 2.62. The second kappa shape index (κ2) is 2.67. The summed E-state index contributed by atoms with van der Waals surface area (Å²) in [6.45, 7) is -11.4. The van der Waals surface area contributed by atoms with E-state index in [0.29, 0.717) is 9.13 Å². The number of hydrogen-bond acceptors (Lipinski definition) is 0. The van der Waals surface area contributed by atoms with Crippen molar-refractivity contribution in [1.82, 2.24) is 4.57 Å². The Morgan fingerprint density at radius 2 is 2.78 bits per heavy atom. The second-order valence-corrected chi connectivity index (χ2v) is 1.45. The Morgan fingerprint density at radius 3 is 3.56 bits per heavy atom. The summed E-state index contributed by atoms with van der Waals surface area (Å²) in [5.74, 6) is 0. The molecule has 50 valence electrons. The molecule has 0 saturated carbocycles. The fourth-order valence-corrected chi connectivity index (χ4v) is 0.487. The summed E-state index contributed by atoms with van der Waals surface area (Å²) in [5, 5.41) is 0. The number of imidazole rings is 1. The van der Waals surface area contributed by atoms with Gasteiger partial charge in [0.05, 0.1) is 18.5 Å². The summed E-state index contributed by atoms with van der Waals surface area (Å²) < 4.78 is 73.7. The first kappa shape index (κ1) is 1.29. The Kier molecular flexibility index (Phi) is 0.381. The van der Waals surface area contributed by atoms with Crippen LogP contribution in [0.3, 0.4) is 0 Å². The third-order valence-electron chi connectivity index (χ3n) is 0.895. The van der Waals surface area contributed by atoms with Crippen molar-refractivity contribution in [3.05, 3.63) is 18.7 Å². The van der Waals surface area contributed by atoms with Crippen LogP contribution in [-0.4, -0.2) is 4.57 Å². The first-order valence-corrected chi connectivity index (χ1v) is 2.31. The number of nitrogens with zero attached hydrogens (tertiary/aromatic N) is 2. The molecule has 2 nitrogen and oxygen atoms in total. The van der Waals surface area contributed by atoms with Gasteiger partial charge in [-0.05, 0) is 13.7 Å². The third-order valence-corrected chi connectivity index (χ3v) is 0.895. The molecule has 9 heavy (non-hydrogen) atoms. The van der Waals surface area contributed by atoms with Gasteiger partial charge in [0.15, 0.2) is 0 Å². The molecule has 0 spiro atoms. The van der Waals surface area contributed by atoms with Gasteiger partial charge in [0, 0.05) is 8.22 Å². The first-order chi connectivity index (χ1) is 8.21. The second-order valence-electron chi connectivity index (χ2n) is 1.45. The molecule has 0 bridgehead atoms. The zero-order valence-corrected chi connectivity index (χ0v) is 4.63. The molecule has 1 aromatic rings. The van der Waals surface area contributed by atoms with Crippen molar-refractivity contribution in [2.24, 2.45) is 0 Å². The Labute approximate surface area is 69.8 Å². The van der Waals surface area contributed by atoms with Gasteiger partial charge in [-0.25, -0.2) is 9.13 Å². The maximum absolute atomic E-state index is 7.48. The molecule has 0 aliphatic rings. The molecule has 0 aromatic carbocycles. The summed E-state index contributed by atoms with van der Waals surface area (Å²) >= 11 is 0. The maximum Gasteiger partial charge on any atom is 0.243 e. The molecule has 0 atom stereocenters. The van der Waals surface area contributed by atoms with Crippen LogP contribution in [0.4, 0.5) is 0 Å². The van der Waals surface area contributed by atoms with E-state index < -0.39 is 26.7 Å². The highest BCUT2D eigenvalue weighted by Gasteiger charge is 1.95. The van der Waals surface area contributed by atoms with E-state index in [9.17, 15) is 0 Å². The lowest BCUT2D eigenvalue weighted by Crippen LogP contribution is -2.28. The number of aryl methyl sites for hydroxylation is 2. The van der Waals surface area contributed by atoms with Crippen LogP contribution in [0.5, 0.6) is 0 Å². The SMILES string of the molecule is [2H]C([2H])([2H])C([2H])([2H])n1cc[n+](C([2H])([2H])C([2H])([2H])[2H])c1. The molecule has 0 N–H and O–H groups in total. The molecule has 0 saturated heterocycles. The summed E-state index contributed by atoms with van der Waals surface area (Å²) in [4.78, 5) is 0. The van der Waals surface area contributed by atoms with E-state index in [0.717, 1.165) is 18.7 Å². The predicted octanol–water partition coefficient (Wildman–Crippen LogP) is 0.815. The Morgan fingerprint density at radius 1 is 1.78 bits per heavy atom. The van der Waals surface area contributed by atoms with Crippen LogP contribution in [0.1, 0.15) is 27.4 Å². The van der Waals surface area contributed by atoms with Crippen molar-refractivity contribution < 1.29 is 18.3 Å². The molecule has 0 unspecified atom stereocenters. The number of aromatic nitrogens is 2. The van der Waals surface area contributed by atoms with Crippen molar-refractivity contribution in [2.45, 2.75) is 26.7 Å². The molecule has 2 heteroatoms. The largest absolute Gasteiger partial charge is 0.243 e. The zero-order valence-electron chi connectivity index (χ0n) is 14.6. The topological polar surface area (TPSA) is 8.81 Å². The fourth-order valence-electron chi connectivity index (χ4n) is 0.487. The molecule has 1 heterocycles. The van der Waals surface area contributed by atoms with Crippen LogP contribution in [0, 0.1) is 0 Å². The van der Waals surface area contributed by atoms with E-state index in [2.05, 4.69) is 0 Å². The zero-order chi connectivity index (χ0) is 15.3. The maximum atomic E-state index is 7.48. The average molecular weight is 135 g/mol. The first-order valence-electron chi connectivity index (χ1n) is 7.31. The van der Waals surface area contributed by atoms with Crippen LogP contribution in [-0.2, 0) is 13.0 Å². The van der Waals surface area contributed by atoms with Crippen LogP contribution < -0.4 is 4.57 Å².